The van der Waals surface area contributed by atoms with Crippen molar-refractivity contribution in [3.8, 4) is 0 Å². The summed E-state index contributed by atoms with van der Waals surface area (Å²) in [5.41, 5.74) is 7.36. The van der Waals surface area contributed by atoms with Crippen LogP contribution < -0.4 is 11.1 Å². The molecular formula is C13H21N3O2. The number of benzene rings is 1. The minimum atomic E-state index is -0.389. The first-order valence-electron chi connectivity index (χ1n) is 6.03. The van der Waals surface area contributed by atoms with Gasteiger partial charge in [0.2, 0.25) is 0 Å². The molecule has 0 aliphatic carbocycles. The maximum absolute atomic E-state index is 10.8. The summed E-state index contributed by atoms with van der Waals surface area (Å²) in [4.78, 5) is 10.4. The van der Waals surface area contributed by atoms with Gasteiger partial charge in [-0.2, -0.15) is 0 Å². The zero-order chi connectivity index (χ0) is 13.9. The lowest BCUT2D eigenvalue weighted by atomic mass is 9.88. The first-order chi connectivity index (χ1) is 8.30. The molecular weight excluding hydrogens is 230 g/mol. The average molecular weight is 251 g/mol. The minimum Gasteiger partial charge on any atom is -0.378 e. The first-order valence-corrected chi connectivity index (χ1v) is 6.03. The summed E-state index contributed by atoms with van der Waals surface area (Å²) in [6.45, 7) is 8.56. The Kier molecular flexibility index (Phi) is 4.29. The van der Waals surface area contributed by atoms with Crippen LogP contribution in [0.4, 0.5) is 11.4 Å². The Morgan fingerprint density at radius 1 is 1.50 bits per heavy atom. The van der Waals surface area contributed by atoms with E-state index in [1.165, 1.54) is 6.07 Å². The molecule has 1 rings (SSSR count). The molecule has 5 nitrogen and oxygen atoms in total. The lowest BCUT2D eigenvalue weighted by molar-refractivity contribution is -0.384. The Balaban J connectivity index is 3.10. The molecule has 1 unspecified atom stereocenters. The van der Waals surface area contributed by atoms with Crippen molar-refractivity contribution in [3.63, 3.8) is 0 Å². The fourth-order valence-electron chi connectivity index (χ4n) is 1.60. The van der Waals surface area contributed by atoms with Gasteiger partial charge in [-0.3, -0.25) is 10.1 Å². The van der Waals surface area contributed by atoms with E-state index in [-0.39, 0.29) is 16.1 Å². The second-order valence-electron chi connectivity index (χ2n) is 5.16. The van der Waals surface area contributed by atoms with E-state index in [1.54, 1.807) is 12.1 Å². The van der Waals surface area contributed by atoms with Gasteiger partial charge in [0, 0.05) is 29.9 Å². The summed E-state index contributed by atoms with van der Waals surface area (Å²) in [6, 6.07) is 4.82. The number of nitrogens with one attached hydrogen (secondary N) is 1. The summed E-state index contributed by atoms with van der Waals surface area (Å²) in [6.07, 6.45) is 0. The molecule has 1 aromatic carbocycles. The number of aryl methyl sites for hydroxylation is 1. The number of nitrogens with zero attached hydrogens (tertiary/aromatic N) is 1. The summed E-state index contributed by atoms with van der Waals surface area (Å²) in [7, 11) is 0. The fraction of sp³-hybridized carbons (Fsp3) is 0.538. The molecule has 0 aromatic heterocycles. The summed E-state index contributed by atoms with van der Waals surface area (Å²) < 4.78 is 0. The molecule has 0 amide bonds. The Labute approximate surface area is 108 Å². The van der Waals surface area contributed by atoms with Crippen molar-refractivity contribution in [2.45, 2.75) is 33.2 Å². The molecule has 1 atom stereocenters. The highest BCUT2D eigenvalue weighted by Gasteiger charge is 2.27. The minimum absolute atomic E-state index is 0.0891. The van der Waals surface area contributed by atoms with Gasteiger partial charge in [0.05, 0.1) is 4.92 Å². The largest absolute Gasteiger partial charge is 0.378 e. The monoisotopic (exact) mass is 251 g/mol. The predicted octanol–water partition coefficient (Wildman–Crippen LogP) is 2.69. The van der Waals surface area contributed by atoms with E-state index >= 15 is 0 Å². The fourth-order valence-corrected chi connectivity index (χ4v) is 1.60. The molecule has 0 heterocycles. The van der Waals surface area contributed by atoms with Gasteiger partial charge in [-0.1, -0.05) is 19.9 Å². The first kappa shape index (κ1) is 14.4. The zero-order valence-corrected chi connectivity index (χ0v) is 11.4. The molecule has 0 radical (unpaired) electrons. The molecule has 100 valence electrons. The standard InChI is InChI=1S/C13H21N3O2/c1-9(2)13(4,8-14)15-12-7-11(16(17)18)6-5-10(12)3/h5-7,9,15H,8,14H2,1-4H3. The van der Waals surface area contributed by atoms with Crippen molar-refractivity contribution in [2.24, 2.45) is 11.7 Å². The van der Waals surface area contributed by atoms with Gasteiger partial charge in [-0.15, -0.1) is 0 Å². The van der Waals surface area contributed by atoms with Crippen LogP contribution in [-0.2, 0) is 0 Å². The predicted molar refractivity (Wildman–Crippen MR) is 73.8 cm³/mol. The van der Waals surface area contributed by atoms with E-state index in [0.29, 0.717) is 12.5 Å². The molecule has 0 spiro atoms. The number of anilines is 1. The molecule has 5 heteroatoms. The maximum Gasteiger partial charge on any atom is 0.271 e. The number of non-ortho nitro benzene ring substituents is 1. The molecule has 0 aliphatic rings. The van der Waals surface area contributed by atoms with Crippen molar-refractivity contribution < 1.29 is 4.92 Å². The van der Waals surface area contributed by atoms with Crippen molar-refractivity contribution in [1.82, 2.24) is 0 Å². The van der Waals surface area contributed by atoms with Crippen LogP contribution in [0.1, 0.15) is 26.3 Å². The quantitative estimate of drug-likeness (QED) is 0.622. The second-order valence-corrected chi connectivity index (χ2v) is 5.16. The summed E-state index contributed by atoms with van der Waals surface area (Å²) >= 11 is 0. The molecule has 0 aliphatic heterocycles. The third-order valence-corrected chi connectivity index (χ3v) is 3.55. The smallest absolute Gasteiger partial charge is 0.271 e. The Morgan fingerprint density at radius 2 is 2.11 bits per heavy atom. The van der Waals surface area contributed by atoms with E-state index in [1.807, 2.05) is 13.8 Å². The molecule has 0 saturated carbocycles. The van der Waals surface area contributed by atoms with Crippen LogP contribution in [0.2, 0.25) is 0 Å². The SMILES string of the molecule is Cc1ccc([N+](=O)[O-])cc1NC(C)(CN)C(C)C. The molecule has 0 fully saturated rings. The highest BCUT2D eigenvalue weighted by Crippen LogP contribution is 2.27. The third-order valence-electron chi connectivity index (χ3n) is 3.55. The van der Waals surface area contributed by atoms with Crippen LogP contribution >= 0.6 is 0 Å². The van der Waals surface area contributed by atoms with Crippen molar-refractivity contribution in [3.05, 3.63) is 33.9 Å². The van der Waals surface area contributed by atoms with Gasteiger partial charge < -0.3 is 11.1 Å². The van der Waals surface area contributed by atoms with Gasteiger partial charge in [-0.05, 0) is 25.3 Å². The van der Waals surface area contributed by atoms with Gasteiger partial charge in [0.25, 0.3) is 5.69 Å². The topological polar surface area (TPSA) is 81.2 Å². The Morgan fingerprint density at radius 3 is 2.56 bits per heavy atom. The Hall–Kier alpha value is -1.62. The van der Waals surface area contributed by atoms with Crippen LogP contribution in [0, 0.1) is 23.0 Å². The number of nitrogens with two attached hydrogens (primary N) is 1. The molecule has 0 saturated heterocycles. The highest BCUT2D eigenvalue weighted by atomic mass is 16.6. The van der Waals surface area contributed by atoms with Crippen molar-refractivity contribution in [2.75, 3.05) is 11.9 Å². The van der Waals surface area contributed by atoms with Crippen LogP contribution in [0.25, 0.3) is 0 Å². The number of nitro benzene ring substituents is 1. The lowest BCUT2D eigenvalue weighted by Gasteiger charge is -2.35. The highest BCUT2D eigenvalue weighted by molar-refractivity contribution is 5.58. The van der Waals surface area contributed by atoms with Crippen LogP contribution in [0.3, 0.4) is 0 Å². The molecule has 0 bridgehead atoms. The number of rotatable bonds is 5. The molecule has 1 aromatic rings. The molecule has 18 heavy (non-hydrogen) atoms. The number of hydrogen-bond acceptors (Lipinski definition) is 4. The average Bonchev–Trinajstić information content (AvgIpc) is 2.31. The van der Waals surface area contributed by atoms with E-state index in [0.717, 1.165) is 11.3 Å². The second kappa shape index (κ2) is 5.35. The summed E-state index contributed by atoms with van der Waals surface area (Å²) in [5.74, 6) is 0.321. The van der Waals surface area contributed by atoms with E-state index in [4.69, 9.17) is 5.73 Å². The van der Waals surface area contributed by atoms with Gasteiger partial charge in [0.15, 0.2) is 0 Å². The van der Waals surface area contributed by atoms with Crippen molar-refractivity contribution in [1.29, 1.82) is 0 Å². The van der Waals surface area contributed by atoms with E-state index in [2.05, 4.69) is 19.2 Å². The van der Waals surface area contributed by atoms with Crippen LogP contribution in [0.5, 0.6) is 0 Å². The van der Waals surface area contributed by atoms with Gasteiger partial charge >= 0.3 is 0 Å². The van der Waals surface area contributed by atoms with Gasteiger partial charge in [0.1, 0.15) is 0 Å². The Bertz CT molecular complexity index is 446. The van der Waals surface area contributed by atoms with Gasteiger partial charge in [-0.25, -0.2) is 0 Å². The van der Waals surface area contributed by atoms with Crippen LogP contribution in [0.15, 0.2) is 18.2 Å². The maximum atomic E-state index is 10.8. The van der Waals surface area contributed by atoms with E-state index < -0.39 is 0 Å². The molecule has 3 N–H and O–H groups in total. The number of hydrogen-bond donors (Lipinski definition) is 2. The normalized spacial score (nSPS) is 14.3. The summed E-state index contributed by atoms with van der Waals surface area (Å²) in [5, 5.41) is 14.1. The third kappa shape index (κ3) is 2.98. The zero-order valence-electron chi connectivity index (χ0n) is 11.4. The van der Waals surface area contributed by atoms with Crippen molar-refractivity contribution >= 4 is 11.4 Å². The van der Waals surface area contributed by atoms with Crippen LogP contribution in [-0.4, -0.2) is 17.0 Å². The van der Waals surface area contributed by atoms with E-state index in [9.17, 15) is 10.1 Å². The number of nitro groups is 1. The lowest BCUT2D eigenvalue weighted by Crippen LogP contribution is -2.47.